The molecule has 10 heteroatoms. The minimum absolute atomic E-state index is 0.0127. The van der Waals surface area contributed by atoms with Gasteiger partial charge in [-0.2, -0.15) is 0 Å². The molecule has 2 amide bonds. The van der Waals surface area contributed by atoms with Crippen LogP contribution in [-0.4, -0.2) is 26.2 Å². The van der Waals surface area contributed by atoms with Gasteiger partial charge in [-0.1, -0.05) is 17.4 Å². The molecule has 0 radical (unpaired) electrons. The molecule has 0 aliphatic rings. The van der Waals surface area contributed by atoms with Gasteiger partial charge in [-0.05, 0) is 30.7 Å². The Morgan fingerprint density at radius 1 is 1.29 bits per heavy atom. The van der Waals surface area contributed by atoms with Gasteiger partial charge in [0.15, 0.2) is 10.8 Å². The number of thiazole rings is 1. The summed E-state index contributed by atoms with van der Waals surface area (Å²) in [5, 5.41) is 3.21. The molecule has 0 saturated carbocycles. The van der Waals surface area contributed by atoms with Gasteiger partial charge in [-0.25, -0.2) is 14.4 Å². The number of hydrogen-bond acceptors (Lipinski definition) is 6. The summed E-state index contributed by atoms with van der Waals surface area (Å²) < 4.78 is 16.2. The number of amides is 2. The highest BCUT2D eigenvalue weighted by Gasteiger charge is 2.20. The fraction of sp³-hybridized carbons (Fsp3) is 0.111. The second kappa shape index (κ2) is 6.57. The lowest BCUT2D eigenvalue weighted by molar-refractivity contribution is 0.0949. The third-order valence-corrected chi connectivity index (χ3v) is 5.11. The maximum Gasteiger partial charge on any atom is 0.267 e. The van der Waals surface area contributed by atoms with E-state index in [1.54, 1.807) is 6.92 Å². The second-order valence-electron chi connectivity index (χ2n) is 6.21. The average Bonchev–Trinajstić information content (AvgIpc) is 3.16. The van der Waals surface area contributed by atoms with Crippen LogP contribution in [0, 0.1) is 12.7 Å². The molecular weight excluding hydrogens is 383 g/mol. The minimum Gasteiger partial charge on any atom is -0.375 e. The Hall–Kier alpha value is -3.53. The molecule has 28 heavy (non-hydrogen) atoms. The normalized spacial score (nSPS) is 11.2. The van der Waals surface area contributed by atoms with Gasteiger partial charge in [-0.3, -0.25) is 14.0 Å². The largest absolute Gasteiger partial charge is 0.375 e. The van der Waals surface area contributed by atoms with Gasteiger partial charge >= 0.3 is 0 Å². The topological polar surface area (TPSA) is 128 Å². The van der Waals surface area contributed by atoms with Crippen LogP contribution >= 0.6 is 11.3 Å². The number of imidazole rings is 1. The number of nitrogens with two attached hydrogens (primary N) is 2. The smallest absolute Gasteiger partial charge is 0.267 e. The van der Waals surface area contributed by atoms with Crippen LogP contribution < -0.4 is 16.8 Å². The monoisotopic (exact) mass is 398 g/mol. The van der Waals surface area contributed by atoms with Crippen molar-refractivity contribution in [2.75, 3.05) is 5.73 Å². The van der Waals surface area contributed by atoms with E-state index in [4.69, 9.17) is 11.5 Å². The highest BCUT2D eigenvalue weighted by atomic mass is 32.1. The summed E-state index contributed by atoms with van der Waals surface area (Å²) >= 11 is 1.36. The Kier molecular flexibility index (Phi) is 4.19. The van der Waals surface area contributed by atoms with Gasteiger partial charge in [0.05, 0.1) is 21.5 Å². The number of primary amides is 1. The van der Waals surface area contributed by atoms with Gasteiger partial charge in [0.1, 0.15) is 11.5 Å². The summed E-state index contributed by atoms with van der Waals surface area (Å²) in [6.45, 7) is 1.79. The van der Waals surface area contributed by atoms with Gasteiger partial charge in [0, 0.05) is 12.7 Å². The average molecular weight is 398 g/mol. The van der Waals surface area contributed by atoms with Crippen molar-refractivity contribution in [3.63, 3.8) is 0 Å². The fourth-order valence-corrected chi connectivity index (χ4v) is 3.86. The number of aryl methyl sites for hydroxylation is 1. The maximum atomic E-state index is 14.1. The van der Waals surface area contributed by atoms with E-state index >= 15 is 0 Å². The summed E-state index contributed by atoms with van der Waals surface area (Å²) in [6.07, 6.45) is 1.08. The molecule has 3 heterocycles. The Morgan fingerprint density at radius 3 is 2.82 bits per heavy atom. The SMILES string of the molecule is Cc1nc2c(C(=O)NCc3ccc4nc(N)sc4c3)cc(F)cn2c1C(N)=O. The third-order valence-electron chi connectivity index (χ3n) is 4.26. The van der Waals surface area contributed by atoms with E-state index in [1.165, 1.54) is 15.7 Å². The molecule has 0 bridgehead atoms. The molecule has 5 N–H and O–H groups in total. The standard InChI is InChI=1S/C18H15FN6O2S/c1-8-14(15(20)26)25-7-10(19)5-11(16(25)23-8)17(27)22-6-9-2-3-12-13(4-9)28-18(21)24-12/h2-5,7H,6H2,1H3,(H2,20,26)(H2,21,24)(H,22,27). The summed E-state index contributed by atoms with van der Waals surface area (Å²) in [4.78, 5) is 32.7. The van der Waals surface area contributed by atoms with Crippen molar-refractivity contribution in [3.05, 3.63) is 58.8 Å². The number of pyridine rings is 1. The first-order valence-electron chi connectivity index (χ1n) is 8.24. The molecule has 4 aromatic rings. The third kappa shape index (κ3) is 3.03. The van der Waals surface area contributed by atoms with E-state index < -0.39 is 17.6 Å². The zero-order valence-corrected chi connectivity index (χ0v) is 15.5. The summed E-state index contributed by atoms with van der Waals surface area (Å²) in [7, 11) is 0. The summed E-state index contributed by atoms with van der Waals surface area (Å²) in [5.74, 6) is -1.95. The lowest BCUT2D eigenvalue weighted by Crippen LogP contribution is -2.24. The lowest BCUT2D eigenvalue weighted by Gasteiger charge is -2.08. The Balaban J connectivity index is 1.64. The first kappa shape index (κ1) is 17.9. The van der Waals surface area contributed by atoms with Crippen molar-refractivity contribution in [1.82, 2.24) is 19.7 Å². The van der Waals surface area contributed by atoms with Gasteiger partial charge in [0.2, 0.25) is 0 Å². The predicted molar refractivity (Wildman–Crippen MR) is 104 cm³/mol. The van der Waals surface area contributed by atoms with Crippen molar-refractivity contribution in [2.24, 2.45) is 5.73 Å². The molecule has 0 atom stereocenters. The quantitative estimate of drug-likeness (QED) is 0.484. The van der Waals surface area contributed by atoms with Crippen LogP contribution in [0.1, 0.15) is 32.1 Å². The fourth-order valence-electron chi connectivity index (χ4n) is 3.06. The number of benzene rings is 1. The van der Waals surface area contributed by atoms with Gasteiger partial charge in [0.25, 0.3) is 11.8 Å². The van der Waals surface area contributed by atoms with E-state index in [1.807, 2.05) is 18.2 Å². The van der Waals surface area contributed by atoms with Crippen LogP contribution in [-0.2, 0) is 6.54 Å². The van der Waals surface area contributed by atoms with Crippen molar-refractivity contribution >= 4 is 44.1 Å². The number of nitrogens with one attached hydrogen (secondary N) is 1. The number of nitrogens with zero attached hydrogens (tertiary/aromatic N) is 3. The molecule has 8 nitrogen and oxygen atoms in total. The molecule has 142 valence electrons. The molecule has 0 aliphatic heterocycles. The molecule has 0 aliphatic carbocycles. The summed E-state index contributed by atoms with van der Waals surface area (Å²) in [6, 6.07) is 6.61. The van der Waals surface area contributed by atoms with E-state index in [-0.39, 0.29) is 23.4 Å². The highest BCUT2D eigenvalue weighted by Crippen LogP contribution is 2.24. The van der Waals surface area contributed by atoms with E-state index in [0.29, 0.717) is 10.8 Å². The second-order valence-corrected chi connectivity index (χ2v) is 7.27. The maximum absolute atomic E-state index is 14.1. The predicted octanol–water partition coefficient (Wildman–Crippen LogP) is 2.00. The van der Waals surface area contributed by atoms with Crippen LogP contribution in [0.3, 0.4) is 0 Å². The number of aromatic nitrogens is 3. The Bertz CT molecular complexity index is 1260. The van der Waals surface area contributed by atoms with Gasteiger partial charge < -0.3 is 16.8 Å². The van der Waals surface area contributed by atoms with Crippen LogP contribution in [0.15, 0.2) is 30.5 Å². The molecule has 0 spiro atoms. The Labute approximate surface area is 162 Å². The van der Waals surface area contributed by atoms with Crippen molar-refractivity contribution in [1.29, 1.82) is 0 Å². The molecule has 0 unspecified atom stereocenters. The number of carbonyl (C=O) groups is 2. The first-order valence-corrected chi connectivity index (χ1v) is 9.06. The van der Waals surface area contributed by atoms with Crippen LogP contribution in [0.4, 0.5) is 9.52 Å². The first-order chi connectivity index (χ1) is 13.3. The molecule has 0 fully saturated rings. The number of fused-ring (bicyclic) bond motifs is 2. The van der Waals surface area contributed by atoms with Crippen LogP contribution in [0.25, 0.3) is 15.9 Å². The number of halogens is 1. The minimum atomic E-state index is -0.751. The number of hydrogen-bond donors (Lipinski definition) is 3. The highest BCUT2D eigenvalue weighted by molar-refractivity contribution is 7.22. The molecule has 4 rings (SSSR count). The molecule has 3 aromatic heterocycles. The van der Waals surface area contributed by atoms with Crippen molar-refractivity contribution in [2.45, 2.75) is 13.5 Å². The van der Waals surface area contributed by atoms with Crippen molar-refractivity contribution < 1.29 is 14.0 Å². The zero-order chi connectivity index (χ0) is 20.0. The number of carbonyl (C=O) groups excluding carboxylic acids is 2. The molecule has 1 aromatic carbocycles. The number of rotatable bonds is 4. The van der Waals surface area contributed by atoms with Gasteiger partial charge in [-0.15, -0.1) is 0 Å². The number of anilines is 1. The lowest BCUT2D eigenvalue weighted by atomic mass is 10.2. The number of nitrogen functional groups attached to an aromatic ring is 1. The van der Waals surface area contributed by atoms with E-state index in [2.05, 4.69) is 15.3 Å². The molecule has 0 saturated heterocycles. The van der Waals surface area contributed by atoms with Crippen molar-refractivity contribution in [3.8, 4) is 0 Å². The Morgan fingerprint density at radius 2 is 2.07 bits per heavy atom. The van der Waals surface area contributed by atoms with E-state index in [9.17, 15) is 14.0 Å². The summed E-state index contributed by atoms with van der Waals surface area (Å²) in [5.41, 5.74) is 13.2. The van der Waals surface area contributed by atoms with Crippen LogP contribution in [0.5, 0.6) is 0 Å². The molecular formula is C18H15FN6O2S. The zero-order valence-electron chi connectivity index (χ0n) is 14.7. The van der Waals surface area contributed by atoms with Crippen LogP contribution in [0.2, 0.25) is 0 Å². The van der Waals surface area contributed by atoms with E-state index in [0.717, 1.165) is 28.0 Å².